The number of esters is 1. The molecular formula is C24H36N2O4S2. The van der Waals surface area contributed by atoms with Gasteiger partial charge in [0.15, 0.2) is 0 Å². The zero-order valence-electron chi connectivity index (χ0n) is 20.0. The molecule has 2 amide bonds. The summed E-state index contributed by atoms with van der Waals surface area (Å²) in [5.41, 5.74) is 0.534. The second-order valence-electron chi connectivity index (χ2n) is 9.86. The molecule has 178 valence electrons. The number of benzene rings is 1. The molecule has 1 heterocycles. The van der Waals surface area contributed by atoms with Crippen molar-refractivity contribution in [3.05, 3.63) is 29.8 Å². The summed E-state index contributed by atoms with van der Waals surface area (Å²) in [6.45, 7) is 12.1. The second-order valence-corrected chi connectivity index (χ2v) is 12.6. The molecule has 1 atom stereocenters. The molecule has 1 aliphatic heterocycles. The smallest absolute Gasteiger partial charge is 0.311 e. The number of carbonyl (C=O) groups excluding carboxylic acids is 3. The van der Waals surface area contributed by atoms with E-state index in [2.05, 4.69) is 5.32 Å². The molecule has 2 rings (SSSR count). The molecule has 0 bridgehead atoms. The molecule has 1 aromatic carbocycles. The molecule has 8 heteroatoms. The van der Waals surface area contributed by atoms with E-state index in [9.17, 15) is 14.4 Å². The largest absolute Gasteiger partial charge is 0.427 e. The van der Waals surface area contributed by atoms with E-state index in [0.717, 1.165) is 0 Å². The van der Waals surface area contributed by atoms with Crippen molar-refractivity contribution in [2.75, 3.05) is 11.5 Å². The first-order valence-electron chi connectivity index (χ1n) is 11.0. The van der Waals surface area contributed by atoms with Crippen LogP contribution in [0.2, 0.25) is 0 Å². The van der Waals surface area contributed by atoms with Gasteiger partial charge in [0.2, 0.25) is 12.3 Å². The summed E-state index contributed by atoms with van der Waals surface area (Å²) in [5, 5.41) is 2.26. The molecule has 0 aliphatic carbocycles. The van der Waals surface area contributed by atoms with Crippen molar-refractivity contribution in [1.82, 2.24) is 10.2 Å². The Morgan fingerprint density at radius 1 is 1.09 bits per heavy atom. The van der Waals surface area contributed by atoms with Crippen LogP contribution < -0.4 is 10.1 Å². The van der Waals surface area contributed by atoms with Crippen LogP contribution in [-0.2, 0) is 14.4 Å². The average molecular weight is 481 g/mol. The van der Waals surface area contributed by atoms with Crippen LogP contribution in [0.4, 0.5) is 0 Å². The third-order valence-electron chi connectivity index (χ3n) is 5.09. The first-order valence-corrected chi connectivity index (χ1v) is 13.1. The number of carbonyl (C=O) groups is 3. The number of thioether (sulfide) groups is 2. The lowest BCUT2D eigenvalue weighted by atomic mass is 9.91. The molecule has 0 saturated carbocycles. The molecule has 1 saturated heterocycles. The summed E-state index contributed by atoms with van der Waals surface area (Å²) in [5.74, 6) is 2.04. The number of amides is 2. The van der Waals surface area contributed by atoms with E-state index in [0.29, 0.717) is 16.7 Å². The van der Waals surface area contributed by atoms with Crippen molar-refractivity contribution in [3.8, 4) is 5.75 Å². The molecule has 0 radical (unpaired) electrons. The number of ether oxygens (including phenoxy) is 1. The van der Waals surface area contributed by atoms with Crippen molar-refractivity contribution >= 4 is 41.8 Å². The first-order chi connectivity index (χ1) is 14.9. The van der Waals surface area contributed by atoms with E-state index in [4.69, 9.17) is 4.74 Å². The van der Waals surface area contributed by atoms with Gasteiger partial charge in [-0.3, -0.25) is 24.6 Å². The Balaban J connectivity index is 2.04. The van der Waals surface area contributed by atoms with E-state index in [1.807, 2.05) is 94.2 Å². The molecule has 1 aromatic rings. The molecule has 32 heavy (non-hydrogen) atoms. The van der Waals surface area contributed by atoms with Gasteiger partial charge in [-0.25, -0.2) is 0 Å². The maximum atomic E-state index is 12.7. The van der Waals surface area contributed by atoms with E-state index in [1.165, 1.54) is 23.5 Å². The van der Waals surface area contributed by atoms with Gasteiger partial charge in [0, 0.05) is 17.5 Å². The molecule has 1 aliphatic rings. The lowest BCUT2D eigenvalue weighted by Gasteiger charge is -2.49. The third-order valence-corrected chi connectivity index (χ3v) is 8.11. The van der Waals surface area contributed by atoms with Crippen LogP contribution in [0.3, 0.4) is 0 Å². The van der Waals surface area contributed by atoms with Gasteiger partial charge in [-0.15, -0.1) is 23.5 Å². The summed E-state index contributed by atoms with van der Waals surface area (Å²) >= 11 is 3.90. The standard InChI is InChI=1S/C24H36N2O4S2/c1-23(2,3)26(24(4,5)6)19(21(29)25-16-27)12-13-20(28)30-18-10-8-17(9-11-18)22-31-14-7-15-32-22/h8-11,16,19,22H,7,12-15H2,1-6H3,(H,25,27,29)/t19-/m0/s1. The van der Waals surface area contributed by atoms with Crippen LogP contribution in [-0.4, -0.2) is 51.8 Å². The van der Waals surface area contributed by atoms with E-state index >= 15 is 0 Å². The monoisotopic (exact) mass is 480 g/mol. The molecular weight excluding hydrogens is 444 g/mol. The topological polar surface area (TPSA) is 75.7 Å². The Labute approximate surface area is 200 Å². The molecule has 0 unspecified atom stereocenters. The number of hydrogen-bond donors (Lipinski definition) is 1. The fourth-order valence-electron chi connectivity index (χ4n) is 4.28. The normalized spacial score (nSPS) is 16.5. The van der Waals surface area contributed by atoms with Crippen LogP contribution in [0.25, 0.3) is 0 Å². The molecule has 0 aromatic heterocycles. The van der Waals surface area contributed by atoms with Gasteiger partial charge in [0.25, 0.3) is 0 Å². The zero-order valence-corrected chi connectivity index (χ0v) is 21.6. The minimum absolute atomic E-state index is 0.0652. The SMILES string of the molecule is CC(C)(C)N([C@@H](CCC(=O)Oc1ccc(C2SCCCS2)cc1)C(=O)NC=O)C(C)(C)C. The van der Waals surface area contributed by atoms with Gasteiger partial charge in [0.1, 0.15) is 5.75 Å². The summed E-state index contributed by atoms with van der Waals surface area (Å²) in [7, 11) is 0. The number of nitrogens with one attached hydrogen (secondary N) is 1. The van der Waals surface area contributed by atoms with E-state index in [1.54, 1.807) is 0 Å². The number of hydrogen-bond acceptors (Lipinski definition) is 7. The first kappa shape index (κ1) is 26.7. The fourth-order valence-corrected chi connectivity index (χ4v) is 7.18. The van der Waals surface area contributed by atoms with Crippen LogP contribution in [0.1, 0.15) is 71.0 Å². The number of nitrogens with zero attached hydrogens (tertiary/aromatic N) is 1. The summed E-state index contributed by atoms with van der Waals surface area (Å²) in [4.78, 5) is 38.2. The highest BCUT2D eigenvalue weighted by Crippen LogP contribution is 2.43. The fraction of sp³-hybridized carbons (Fsp3) is 0.625. The number of imide groups is 1. The highest BCUT2D eigenvalue weighted by atomic mass is 32.2. The van der Waals surface area contributed by atoms with Crippen molar-refractivity contribution < 1.29 is 19.1 Å². The minimum atomic E-state index is -0.643. The van der Waals surface area contributed by atoms with Gasteiger partial charge >= 0.3 is 5.97 Å². The average Bonchev–Trinajstić information content (AvgIpc) is 2.70. The number of rotatable bonds is 8. The molecule has 0 spiro atoms. The molecule has 1 N–H and O–H groups in total. The summed E-state index contributed by atoms with van der Waals surface area (Å²) in [6, 6.07) is 7.04. The Morgan fingerprint density at radius 3 is 2.16 bits per heavy atom. The quantitative estimate of drug-likeness (QED) is 0.326. The van der Waals surface area contributed by atoms with E-state index in [-0.39, 0.29) is 23.9 Å². The van der Waals surface area contributed by atoms with Crippen molar-refractivity contribution in [2.45, 2.75) is 82.5 Å². The van der Waals surface area contributed by atoms with Crippen LogP contribution in [0.15, 0.2) is 24.3 Å². The summed E-state index contributed by atoms with van der Waals surface area (Å²) in [6.07, 6.45) is 1.95. The Bertz CT molecular complexity index is 765. The van der Waals surface area contributed by atoms with Crippen molar-refractivity contribution in [1.29, 1.82) is 0 Å². The molecule has 6 nitrogen and oxygen atoms in total. The third kappa shape index (κ3) is 7.81. The van der Waals surface area contributed by atoms with Gasteiger partial charge < -0.3 is 4.74 Å². The Hall–Kier alpha value is -1.51. The second kappa shape index (κ2) is 11.6. The molecule has 1 fully saturated rings. The highest BCUT2D eigenvalue weighted by molar-refractivity contribution is 8.16. The van der Waals surface area contributed by atoms with Crippen LogP contribution >= 0.6 is 23.5 Å². The summed E-state index contributed by atoms with van der Waals surface area (Å²) < 4.78 is 5.96. The maximum Gasteiger partial charge on any atom is 0.311 e. The van der Waals surface area contributed by atoms with E-state index < -0.39 is 17.9 Å². The van der Waals surface area contributed by atoms with Crippen LogP contribution in [0, 0.1) is 0 Å². The van der Waals surface area contributed by atoms with Crippen molar-refractivity contribution in [2.24, 2.45) is 0 Å². The van der Waals surface area contributed by atoms with Gasteiger partial charge in [0.05, 0.1) is 10.6 Å². The Morgan fingerprint density at radius 2 is 1.66 bits per heavy atom. The Kier molecular flexibility index (Phi) is 9.67. The van der Waals surface area contributed by atoms with Crippen molar-refractivity contribution in [3.63, 3.8) is 0 Å². The zero-order chi connectivity index (χ0) is 23.9. The lowest BCUT2D eigenvalue weighted by molar-refractivity contribution is -0.138. The maximum absolute atomic E-state index is 12.7. The lowest BCUT2D eigenvalue weighted by Crippen LogP contribution is -2.61. The van der Waals surface area contributed by atoms with Crippen LogP contribution in [0.5, 0.6) is 5.75 Å². The highest BCUT2D eigenvalue weighted by Gasteiger charge is 2.40. The predicted molar refractivity (Wildman–Crippen MR) is 133 cm³/mol. The van der Waals surface area contributed by atoms with Gasteiger partial charge in [-0.1, -0.05) is 12.1 Å². The predicted octanol–water partition coefficient (Wildman–Crippen LogP) is 4.78. The van der Waals surface area contributed by atoms with Gasteiger partial charge in [-0.2, -0.15) is 0 Å². The van der Waals surface area contributed by atoms with Gasteiger partial charge in [-0.05, 0) is 83.6 Å². The minimum Gasteiger partial charge on any atom is -0.427 e.